The number of pyridine rings is 2. The molecule has 4 aromatic heterocycles. The largest absolute Gasteiger partial charge is 0.366 e. The number of nitrogens with one attached hydrogen (secondary N) is 3. The van der Waals surface area contributed by atoms with E-state index in [1.54, 1.807) is 42.5 Å². The quantitative estimate of drug-likeness (QED) is 0.246. The lowest BCUT2D eigenvalue weighted by molar-refractivity contribution is 0.0939. The molecule has 0 aromatic carbocycles. The number of carbonyl (C=O) groups excluding carboxylic acids is 2. The molecule has 1 aliphatic rings. The van der Waals surface area contributed by atoms with E-state index in [9.17, 15) is 9.59 Å². The number of fused-ring (bicyclic) bond motifs is 1. The zero-order chi connectivity index (χ0) is 28.4. The van der Waals surface area contributed by atoms with Crippen LogP contribution in [0.5, 0.6) is 0 Å². The highest BCUT2D eigenvalue weighted by molar-refractivity contribution is 5.96. The van der Waals surface area contributed by atoms with E-state index in [-0.39, 0.29) is 17.0 Å². The molecule has 2 amide bonds. The Morgan fingerprint density at radius 1 is 1.07 bits per heavy atom. The van der Waals surface area contributed by atoms with E-state index in [1.807, 2.05) is 6.92 Å². The second-order valence-electron chi connectivity index (χ2n) is 10.5. The Hall–Kier alpha value is -4.65. The summed E-state index contributed by atoms with van der Waals surface area (Å²) in [4.78, 5) is 44.1. The van der Waals surface area contributed by atoms with Crippen molar-refractivity contribution >= 4 is 46.0 Å². The molecule has 0 radical (unpaired) electrons. The predicted molar refractivity (Wildman–Crippen MR) is 152 cm³/mol. The minimum Gasteiger partial charge on any atom is -0.366 e. The Balaban J connectivity index is 1.29. The summed E-state index contributed by atoms with van der Waals surface area (Å²) in [6, 6.07) is 3.35. The van der Waals surface area contributed by atoms with Crippen molar-refractivity contribution in [3.63, 3.8) is 0 Å². The minimum absolute atomic E-state index is 0.173. The minimum atomic E-state index is -0.577. The molecule has 5 N–H and O–H groups in total. The van der Waals surface area contributed by atoms with Crippen LogP contribution in [0.4, 0.5) is 23.1 Å². The molecule has 208 valence electrons. The lowest BCUT2D eigenvalue weighted by atomic mass is 10.0. The fraction of sp³-hybridized carbons (Fsp3) is 0.370. The van der Waals surface area contributed by atoms with Gasteiger partial charge in [-0.2, -0.15) is 10.1 Å². The smallest absolute Gasteiger partial charge is 0.252 e. The zero-order valence-electron chi connectivity index (χ0n) is 23.0. The summed E-state index contributed by atoms with van der Waals surface area (Å²) in [5, 5.41) is 14.6. The average molecular weight is 544 g/mol. The molecule has 0 bridgehead atoms. The molecule has 13 heteroatoms. The highest BCUT2D eigenvalue weighted by Crippen LogP contribution is 2.28. The van der Waals surface area contributed by atoms with Crippen molar-refractivity contribution in [2.45, 2.75) is 39.2 Å². The number of primary amides is 1. The van der Waals surface area contributed by atoms with Crippen LogP contribution in [0.15, 0.2) is 36.9 Å². The first-order valence-electron chi connectivity index (χ1n) is 13.1. The van der Waals surface area contributed by atoms with Gasteiger partial charge in [0.1, 0.15) is 0 Å². The van der Waals surface area contributed by atoms with Crippen LogP contribution in [0.3, 0.4) is 0 Å². The van der Waals surface area contributed by atoms with Gasteiger partial charge in [0, 0.05) is 44.3 Å². The number of likely N-dealkylation sites (tertiary alicyclic amines) is 1. The number of anilines is 4. The van der Waals surface area contributed by atoms with Crippen LogP contribution >= 0.6 is 0 Å². The molecule has 5 rings (SSSR count). The molecule has 40 heavy (non-hydrogen) atoms. The second kappa shape index (κ2) is 10.8. The maximum absolute atomic E-state index is 12.9. The van der Waals surface area contributed by atoms with Gasteiger partial charge < -0.3 is 21.7 Å². The molecule has 1 saturated heterocycles. The van der Waals surface area contributed by atoms with Crippen molar-refractivity contribution in [2.75, 3.05) is 30.3 Å². The topological polar surface area (TPSA) is 169 Å². The molecule has 1 aliphatic heterocycles. The zero-order valence-corrected chi connectivity index (χ0v) is 23.0. The van der Waals surface area contributed by atoms with Crippen molar-refractivity contribution in [1.29, 1.82) is 0 Å². The van der Waals surface area contributed by atoms with E-state index >= 15 is 0 Å². The Labute approximate surface area is 231 Å². The van der Waals surface area contributed by atoms with E-state index in [2.05, 4.69) is 59.7 Å². The van der Waals surface area contributed by atoms with Crippen LogP contribution in [0.2, 0.25) is 0 Å². The number of nitrogens with zero attached hydrogens (tertiary/aromatic N) is 7. The second-order valence-corrected chi connectivity index (χ2v) is 10.5. The highest BCUT2D eigenvalue weighted by Gasteiger charge is 2.31. The molecule has 0 saturated carbocycles. The standard InChI is InChI=1S/C27H33N11O2/c1-16-21(11-18(13-31-16)25(40)30-7-9-38-8-5-6-27(38,2)3)34-23-20-15-32-26(35-24(20)37(4)36-23)33-19-10-17(22(28)39)12-29-14-19/h10-15H,5-9H2,1-4H3,(H2,28,39)(H,30,40)(H,34,36)(H,32,33,35). The molecule has 13 nitrogen and oxygen atoms in total. The van der Waals surface area contributed by atoms with Crippen molar-refractivity contribution in [1.82, 2.24) is 39.9 Å². The lowest BCUT2D eigenvalue weighted by Crippen LogP contribution is -2.43. The third-order valence-corrected chi connectivity index (χ3v) is 7.20. The molecule has 0 unspecified atom stereocenters. The SMILES string of the molecule is Cc1ncc(C(=O)NCCN2CCCC2(C)C)cc1Nc1nn(C)c2nc(Nc3cncc(C(N)=O)c3)ncc12. The number of carbonyl (C=O) groups is 2. The number of aromatic nitrogens is 6. The van der Waals surface area contributed by atoms with Gasteiger partial charge in [-0.3, -0.25) is 24.5 Å². The van der Waals surface area contributed by atoms with Crippen molar-refractivity contribution in [2.24, 2.45) is 12.8 Å². The molecule has 0 aliphatic carbocycles. The summed E-state index contributed by atoms with van der Waals surface area (Å²) in [7, 11) is 1.77. The van der Waals surface area contributed by atoms with Crippen LogP contribution in [0.25, 0.3) is 11.0 Å². The van der Waals surface area contributed by atoms with Crippen molar-refractivity contribution in [3.8, 4) is 0 Å². The van der Waals surface area contributed by atoms with Crippen molar-refractivity contribution < 1.29 is 9.59 Å². The third kappa shape index (κ3) is 5.69. The van der Waals surface area contributed by atoms with Gasteiger partial charge in [0.2, 0.25) is 11.9 Å². The van der Waals surface area contributed by atoms with Crippen LogP contribution < -0.4 is 21.7 Å². The first-order valence-corrected chi connectivity index (χ1v) is 13.1. The lowest BCUT2D eigenvalue weighted by Gasteiger charge is -2.31. The molecule has 4 aromatic rings. The molecular weight excluding hydrogens is 510 g/mol. The fourth-order valence-corrected chi connectivity index (χ4v) is 4.86. The molecular formula is C27H33N11O2. The van der Waals surface area contributed by atoms with Gasteiger partial charge in [0.15, 0.2) is 11.5 Å². The van der Waals surface area contributed by atoms with Crippen molar-refractivity contribution in [3.05, 3.63) is 53.7 Å². The number of hydrogen-bond acceptors (Lipinski definition) is 10. The van der Waals surface area contributed by atoms with Gasteiger partial charge in [-0.15, -0.1) is 0 Å². The molecule has 1 fully saturated rings. The molecule has 0 atom stereocenters. The van der Waals surface area contributed by atoms with E-state index < -0.39 is 5.91 Å². The number of nitrogens with two attached hydrogens (primary N) is 1. The first kappa shape index (κ1) is 26.9. The van der Waals surface area contributed by atoms with Gasteiger partial charge in [-0.1, -0.05) is 0 Å². The monoisotopic (exact) mass is 543 g/mol. The Kier molecular flexibility index (Phi) is 7.30. The van der Waals surface area contributed by atoms with Crippen LogP contribution in [-0.2, 0) is 7.05 Å². The summed E-state index contributed by atoms with van der Waals surface area (Å²) in [6.07, 6.45) is 8.51. The maximum Gasteiger partial charge on any atom is 0.252 e. The Bertz CT molecular complexity index is 1580. The molecule has 0 spiro atoms. The number of hydrogen-bond donors (Lipinski definition) is 4. The van der Waals surface area contributed by atoms with E-state index in [1.165, 1.54) is 19.0 Å². The van der Waals surface area contributed by atoms with Gasteiger partial charge in [-0.05, 0) is 52.3 Å². The predicted octanol–water partition coefficient (Wildman–Crippen LogP) is 2.65. The van der Waals surface area contributed by atoms with E-state index in [0.29, 0.717) is 46.3 Å². The number of rotatable bonds is 9. The summed E-state index contributed by atoms with van der Waals surface area (Å²) >= 11 is 0. The highest BCUT2D eigenvalue weighted by atomic mass is 16.2. The summed E-state index contributed by atoms with van der Waals surface area (Å²) in [5.74, 6) is 0.0826. The van der Waals surface area contributed by atoms with Crippen LogP contribution in [0.1, 0.15) is 53.1 Å². The normalized spacial score (nSPS) is 14.8. The summed E-state index contributed by atoms with van der Waals surface area (Å²) in [5.41, 5.74) is 8.72. The van der Waals surface area contributed by atoms with E-state index in [0.717, 1.165) is 18.8 Å². The summed E-state index contributed by atoms with van der Waals surface area (Å²) in [6.45, 7) is 8.79. The summed E-state index contributed by atoms with van der Waals surface area (Å²) < 4.78 is 1.63. The average Bonchev–Trinajstić information content (AvgIpc) is 3.42. The van der Waals surface area contributed by atoms with Gasteiger partial charge in [0.05, 0.1) is 39.8 Å². The Morgan fingerprint density at radius 3 is 2.65 bits per heavy atom. The van der Waals surface area contributed by atoms with Gasteiger partial charge in [0.25, 0.3) is 5.91 Å². The maximum atomic E-state index is 12.9. The Morgan fingerprint density at radius 2 is 1.90 bits per heavy atom. The van der Waals surface area contributed by atoms with Gasteiger partial charge in [-0.25, -0.2) is 9.67 Å². The van der Waals surface area contributed by atoms with Crippen LogP contribution in [-0.4, -0.2) is 71.6 Å². The van der Waals surface area contributed by atoms with Gasteiger partial charge >= 0.3 is 0 Å². The molecule has 5 heterocycles. The third-order valence-electron chi connectivity index (χ3n) is 7.20. The first-order chi connectivity index (χ1) is 19.1. The van der Waals surface area contributed by atoms with E-state index in [4.69, 9.17) is 5.73 Å². The number of aryl methyl sites for hydroxylation is 2. The van der Waals surface area contributed by atoms with Crippen LogP contribution in [0, 0.1) is 6.92 Å². The fourth-order valence-electron chi connectivity index (χ4n) is 4.86. The number of amides is 2.